The van der Waals surface area contributed by atoms with Crippen LogP contribution in [0.5, 0.6) is 0 Å². The van der Waals surface area contributed by atoms with Crippen LogP contribution in [0.25, 0.3) is 22.4 Å². The summed E-state index contributed by atoms with van der Waals surface area (Å²) in [6.07, 6.45) is 3.33. The van der Waals surface area contributed by atoms with E-state index in [9.17, 15) is 4.79 Å². The van der Waals surface area contributed by atoms with Crippen LogP contribution < -0.4 is 10.6 Å². The van der Waals surface area contributed by atoms with E-state index in [1.165, 1.54) is 5.56 Å². The first-order valence-corrected chi connectivity index (χ1v) is 7.64. The molecule has 116 valence electrons. The Morgan fingerprint density at radius 1 is 1.26 bits per heavy atom. The highest BCUT2D eigenvalue weighted by molar-refractivity contribution is 6.05. The van der Waals surface area contributed by atoms with Crippen molar-refractivity contribution in [2.45, 2.75) is 13.1 Å². The molecule has 0 radical (unpaired) electrons. The van der Waals surface area contributed by atoms with Gasteiger partial charge >= 0.3 is 0 Å². The molecule has 0 saturated heterocycles. The summed E-state index contributed by atoms with van der Waals surface area (Å²) in [4.78, 5) is 21.0. The third-order valence-electron chi connectivity index (χ3n) is 4.11. The molecular weight excluding hydrogens is 290 g/mol. The van der Waals surface area contributed by atoms with E-state index in [2.05, 4.69) is 44.5 Å². The van der Waals surface area contributed by atoms with Crippen molar-refractivity contribution < 1.29 is 4.79 Å². The molecule has 6 nitrogen and oxygen atoms in total. The summed E-state index contributed by atoms with van der Waals surface area (Å²) in [5, 5.41) is 6.05. The number of hydrogen-bond acceptors (Lipinski definition) is 4. The summed E-state index contributed by atoms with van der Waals surface area (Å²) in [5.74, 6) is 0.791. The van der Waals surface area contributed by atoms with Crippen molar-refractivity contribution in [3.8, 4) is 11.4 Å². The van der Waals surface area contributed by atoms with Crippen LogP contribution in [-0.2, 0) is 13.1 Å². The molecule has 2 N–H and O–H groups in total. The summed E-state index contributed by atoms with van der Waals surface area (Å²) in [6.45, 7) is 2.12. The lowest BCUT2D eigenvalue weighted by Gasteiger charge is -2.08. The Morgan fingerprint density at radius 3 is 2.87 bits per heavy atom. The van der Waals surface area contributed by atoms with Crippen molar-refractivity contribution in [2.24, 2.45) is 0 Å². The first-order valence-electron chi connectivity index (χ1n) is 7.64. The Hall–Kier alpha value is -2.73. The minimum atomic E-state index is -0.0855. The van der Waals surface area contributed by atoms with Gasteiger partial charge in [0, 0.05) is 31.4 Å². The van der Waals surface area contributed by atoms with E-state index in [1.54, 1.807) is 12.4 Å². The topological polar surface area (TPSA) is 71.8 Å². The van der Waals surface area contributed by atoms with Gasteiger partial charge in [-0.1, -0.05) is 24.3 Å². The van der Waals surface area contributed by atoms with E-state index in [0.717, 1.165) is 29.0 Å². The first kappa shape index (κ1) is 13.9. The smallest absolute Gasteiger partial charge is 0.255 e. The predicted molar refractivity (Wildman–Crippen MR) is 88.1 cm³/mol. The molecule has 3 aromatic rings. The molecular formula is C17H17N5O. The predicted octanol–water partition coefficient (Wildman–Crippen LogP) is 1.56. The molecule has 6 heteroatoms. The summed E-state index contributed by atoms with van der Waals surface area (Å²) in [6, 6.07) is 8.34. The SMILES string of the molecule is CNCc1ccc(-c2nc3cncc4c3n2CCNC4=O)cc1. The largest absolute Gasteiger partial charge is 0.350 e. The Morgan fingerprint density at radius 2 is 2.09 bits per heavy atom. The normalized spacial score (nSPS) is 13.9. The fraction of sp³-hybridized carbons (Fsp3) is 0.235. The number of carbonyl (C=O) groups excluding carboxylic acids is 1. The fourth-order valence-corrected chi connectivity index (χ4v) is 3.05. The summed E-state index contributed by atoms with van der Waals surface area (Å²) in [5.41, 5.74) is 4.48. The lowest BCUT2D eigenvalue weighted by Crippen LogP contribution is -2.24. The number of aromatic nitrogens is 3. The highest BCUT2D eigenvalue weighted by atomic mass is 16.1. The van der Waals surface area contributed by atoms with Crippen LogP contribution in [0, 0.1) is 0 Å². The maximum Gasteiger partial charge on any atom is 0.255 e. The van der Waals surface area contributed by atoms with E-state index >= 15 is 0 Å². The molecule has 0 bridgehead atoms. The first-order chi connectivity index (χ1) is 11.3. The molecule has 3 heterocycles. The molecule has 23 heavy (non-hydrogen) atoms. The number of pyridine rings is 1. The second-order valence-electron chi connectivity index (χ2n) is 5.62. The molecule has 0 aliphatic carbocycles. The van der Waals surface area contributed by atoms with Gasteiger partial charge in [0.2, 0.25) is 0 Å². The van der Waals surface area contributed by atoms with E-state index in [1.807, 2.05) is 7.05 Å². The second-order valence-corrected chi connectivity index (χ2v) is 5.62. The lowest BCUT2D eigenvalue weighted by atomic mass is 10.1. The zero-order valence-electron chi connectivity index (χ0n) is 12.8. The van der Waals surface area contributed by atoms with Crippen molar-refractivity contribution in [2.75, 3.05) is 13.6 Å². The third kappa shape index (κ3) is 2.27. The molecule has 4 rings (SSSR count). The Kier molecular flexibility index (Phi) is 3.31. The number of imidazole rings is 1. The van der Waals surface area contributed by atoms with Crippen LogP contribution in [0.1, 0.15) is 15.9 Å². The second kappa shape index (κ2) is 5.48. The molecule has 1 aliphatic heterocycles. The minimum Gasteiger partial charge on any atom is -0.350 e. The van der Waals surface area contributed by atoms with Gasteiger partial charge in [-0.05, 0) is 12.6 Å². The Labute approximate surface area is 133 Å². The van der Waals surface area contributed by atoms with Gasteiger partial charge in [-0.25, -0.2) is 4.98 Å². The monoisotopic (exact) mass is 307 g/mol. The molecule has 0 saturated carbocycles. The molecule has 0 fully saturated rings. The summed E-state index contributed by atoms with van der Waals surface area (Å²) >= 11 is 0. The molecule has 1 aromatic carbocycles. The van der Waals surface area contributed by atoms with Crippen molar-refractivity contribution in [3.63, 3.8) is 0 Å². The van der Waals surface area contributed by atoms with E-state index < -0.39 is 0 Å². The lowest BCUT2D eigenvalue weighted by molar-refractivity contribution is 0.0956. The van der Waals surface area contributed by atoms with Crippen molar-refractivity contribution in [3.05, 3.63) is 47.8 Å². The Bertz CT molecular complexity index is 882. The highest BCUT2D eigenvalue weighted by Gasteiger charge is 2.22. The Balaban J connectivity index is 1.89. The van der Waals surface area contributed by atoms with Crippen LogP contribution in [0.2, 0.25) is 0 Å². The van der Waals surface area contributed by atoms with Gasteiger partial charge < -0.3 is 15.2 Å². The molecule has 1 amide bonds. The van der Waals surface area contributed by atoms with Crippen LogP contribution in [-0.4, -0.2) is 34.0 Å². The maximum absolute atomic E-state index is 12.2. The van der Waals surface area contributed by atoms with Gasteiger partial charge in [0.15, 0.2) is 0 Å². The quantitative estimate of drug-likeness (QED) is 0.770. The highest BCUT2D eigenvalue weighted by Crippen LogP contribution is 2.27. The van der Waals surface area contributed by atoms with Gasteiger partial charge in [-0.2, -0.15) is 0 Å². The summed E-state index contributed by atoms with van der Waals surface area (Å²) in [7, 11) is 1.93. The third-order valence-corrected chi connectivity index (χ3v) is 4.11. The number of benzene rings is 1. The average Bonchev–Trinajstić information content (AvgIpc) is 2.85. The molecule has 1 aliphatic rings. The standard InChI is InChI=1S/C17H17N5O/c1-18-8-11-2-4-12(5-3-11)16-21-14-10-19-9-13-15(14)22(16)7-6-20-17(13)23/h2-5,9-10,18H,6-8H2,1H3,(H,20,23). The number of nitrogens with one attached hydrogen (secondary N) is 2. The number of carbonyl (C=O) groups is 1. The van der Waals surface area contributed by atoms with E-state index in [4.69, 9.17) is 4.98 Å². The number of amides is 1. The zero-order valence-corrected chi connectivity index (χ0v) is 12.8. The van der Waals surface area contributed by atoms with Gasteiger partial charge in [0.1, 0.15) is 11.3 Å². The van der Waals surface area contributed by atoms with Crippen LogP contribution in [0.3, 0.4) is 0 Å². The van der Waals surface area contributed by atoms with Gasteiger partial charge in [-0.15, -0.1) is 0 Å². The molecule has 0 unspecified atom stereocenters. The molecule has 2 aromatic heterocycles. The van der Waals surface area contributed by atoms with Gasteiger partial charge in [0.25, 0.3) is 5.91 Å². The van der Waals surface area contributed by atoms with Crippen molar-refractivity contribution >= 4 is 16.9 Å². The molecule has 0 atom stereocenters. The van der Waals surface area contributed by atoms with Crippen LogP contribution >= 0.6 is 0 Å². The van der Waals surface area contributed by atoms with Gasteiger partial charge in [0.05, 0.1) is 17.3 Å². The van der Waals surface area contributed by atoms with E-state index in [0.29, 0.717) is 18.7 Å². The van der Waals surface area contributed by atoms with Crippen LogP contribution in [0.4, 0.5) is 0 Å². The van der Waals surface area contributed by atoms with Gasteiger partial charge in [-0.3, -0.25) is 9.78 Å². The maximum atomic E-state index is 12.2. The number of hydrogen-bond donors (Lipinski definition) is 2. The summed E-state index contributed by atoms with van der Waals surface area (Å²) < 4.78 is 2.11. The van der Waals surface area contributed by atoms with Crippen molar-refractivity contribution in [1.82, 2.24) is 25.2 Å². The number of rotatable bonds is 3. The minimum absolute atomic E-state index is 0.0855. The van der Waals surface area contributed by atoms with Crippen molar-refractivity contribution in [1.29, 1.82) is 0 Å². The number of nitrogens with zero attached hydrogens (tertiary/aromatic N) is 3. The zero-order chi connectivity index (χ0) is 15.8. The molecule has 0 spiro atoms. The van der Waals surface area contributed by atoms with Crippen LogP contribution in [0.15, 0.2) is 36.7 Å². The fourth-order valence-electron chi connectivity index (χ4n) is 3.05. The van der Waals surface area contributed by atoms with E-state index in [-0.39, 0.29) is 5.91 Å². The average molecular weight is 307 g/mol.